The molecule has 2 aromatic carbocycles. The Morgan fingerprint density at radius 2 is 1.84 bits per heavy atom. The van der Waals surface area contributed by atoms with Gasteiger partial charge in [0.2, 0.25) is 0 Å². The van der Waals surface area contributed by atoms with Gasteiger partial charge in [0.25, 0.3) is 0 Å². The first-order chi connectivity index (χ1) is 8.97. The van der Waals surface area contributed by atoms with Gasteiger partial charge in [-0.15, -0.1) is 0 Å². The van der Waals surface area contributed by atoms with Crippen molar-refractivity contribution >= 4 is 33.3 Å². The SMILES string of the molecule is Cc1ccc(Br)c(Nc2ccc(C(=O)O)cc2C)c1. The molecule has 0 radical (unpaired) electrons. The Balaban J connectivity index is 2.33. The van der Waals surface area contributed by atoms with Gasteiger partial charge in [-0.3, -0.25) is 0 Å². The van der Waals surface area contributed by atoms with Crippen molar-refractivity contribution in [1.82, 2.24) is 0 Å². The largest absolute Gasteiger partial charge is 0.478 e. The highest BCUT2D eigenvalue weighted by molar-refractivity contribution is 9.10. The molecule has 2 N–H and O–H groups in total. The van der Waals surface area contributed by atoms with Crippen molar-refractivity contribution in [3.63, 3.8) is 0 Å². The van der Waals surface area contributed by atoms with Crippen LogP contribution >= 0.6 is 15.9 Å². The van der Waals surface area contributed by atoms with Crippen LogP contribution in [0.15, 0.2) is 40.9 Å². The molecule has 0 saturated heterocycles. The first kappa shape index (κ1) is 13.6. The molecule has 0 aliphatic rings. The molecule has 2 rings (SSSR count). The summed E-state index contributed by atoms with van der Waals surface area (Å²) in [6.45, 7) is 3.91. The fourth-order valence-corrected chi connectivity index (χ4v) is 2.16. The van der Waals surface area contributed by atoms with Crippen LogP contribution in [-0.4, -0.2) is 11.1 Å². The first-order valence-corrected chi connectivity index (χ1v) is 6.64. The van der Waals surface area contributed by atoms with E-state index >= 15 is 0 Å². The summed E-state index contributed by atoms with van der Waals surface area (Å²) < 4.78 is 0.972. The van der Waals surface area contributed by atoms with E-state index in [1.165, 1.54) is 0 Å². The molecule has 0 spiro atoms. The first-order valence-electron chi connectivity index (χ1n) is 5.84. The van der Waals surface area contributed by atoms with Gasteiger partial charge < -0.3 is 10.4 Å². The molecule has 0 bridgehead atoms. The molecule has 0 saturated carbocycles. The van der Waals surface area contributed by atoms with E-state index in [1.807, 2.05) is 32.0 Å². The Bertz CT molecular complexity index is 638. The average Bonchev–Trinajstić information content (AvgIpc) is 2.36. The van der Waals surface area contributed by atoms with E-state index < -0.39 is 5.97 Å². The number of carboxylic acids is 1. The monoisotopic (exact) mass is 319 g/mol. The number of aromatic carboxylic acids is 1. The second-order valence-corrected chi connectivity index (χ2v) is 5.30. The number of anilines is 2. The Labute approximate surface area is 120 Å². The molecule has 2 aromatic rings. The summed E-state index contributed by atoms with van der Waals surface area (Å²) in [7, 11) is 0. The van der Waals surface area contributed by atoms with Crippen LogP contribution < -0.4 is 5.32 Å². The number of halogens is 1. The maximum atomic E-state index is 10.9. The molecule has 0 aliphatic heterocycles. The molecular formula is C15H14BrNO2. The van der Waals surface area contributed by atoms with Crippen LogP contribution in [0, 0.1) is 13.8 Å². The van der Waals surface area contributed by atoms with Crippen LogP contribution in [-0.2, 0) is 0 Å². The molecule has 4 heteroatoms. The zero-order valence-electron chi connectivity index (χ0n) is 10.7. The third-order valence-electron chi connectivity index (χ3n) is 2.86. The summed E-state index contributed by atoms with van der Waals surface area (Å²) in [5.41, 5.74) is 4.22. The second kappa shape index (κ2) is 5.45. The molecule has 0 unspecified atom stereocenters. The van der Waals surface area contributed by atoms with E-state index in [4.69, 9.17) is 5.11 Å². The minimum absolute atomic E-state index is 0.298. The lowest BCUT2D eigenvalue weighted by atomic mass is 10.1. The number of hydrogen-bond acceptors (Lipinski definition) is 2. The highest BCUT2D eigenvalue weighted by Crippen LogP contribution is 2.28. The van der Waals surface area contributed by atoms with Crippen molar-refractivity contribution in [3.8, 4) is 0 Å². The molecule has 19 heavy (non-hydrogen) atoms. The lowest BCUT2D eigenvalue weighted by Crippen LogP contribution is -1.99. The maximum absolute atomic E-state index is 10.9. The fourth-order valence-electron chi connectivity index (χ4n) is 1.82. The van der Waals surface area contributed by atoms with Gasteiger partial charge in [0.1, 0.15) is 0 Å². The number of aryl methyl sites for hydroxylation is 2. The predicted octanol–water partition coefficient (Wildman–Crippen LogP) is 4.51. The number of hydrogen-bond donors (Lipinski definition) is 2. The third kappa shape index (κ3) is 3.15. The zero-order valence-corrected chi connectivity index (χ0v) is 12.3. The molecule has 0 aliphatic carbocycles. The highest BCUT2D eigenvalue weighted by atomic mass is 79.9. The van der Waals surface area contributed by atoms with Crippen molar-refractivity contribution in [2.45, 2.75) is 13.8 Å². The van der Waals surface area contributed by atoms with Crippen LogP contribution in [0.3, 0.4) is 0 Å². The van der Waals surface area contributed by atoms with Crippen molar-refractivity contribution in [3.05, 3.63) is 57.6 Å². The minimum atomic E-state index is -0.911. The average molecular weight is 320 g/mol. The number of carbonyl (C=O) groups is 1. The van der Waals surface area contributed by atoms with E-state index in [0.29, 0.717) is 5.56 Å². The van der Waals surface area contributed by atoms with Gasteiger partial charge in [-0.2, -0.15) is 0 Å². The van der Waals surface area contributed by atoms with E-state index in [-0.39, 0.29) is 0 Å². The van der Waals surface area contributed by atoms with E-state index in [0.717, 1.165) is 27.0 Å². The van der Waals surface area contributed by atoms with Gasteiger partial charge >= 0.3 is 5.97 Å². The summed E-state index contributed by atoms with van der Waals surface area (Å²) in [5.74, 6) is -0.911. The van der Waals surface area contributed by atoms with Crippen LogP contribution in [0.25, 0.3) is 0 Å². The van der Waals surface area contributed by atoms with Crippen LogP contribution in [0.2, 0.25) is 0 Å². The number of benzene rings is 2. The number of carboxylic acid groups (broad SMARTS) is 1. The van der Waals surface area contributed by atoms with Crippen molar-refractivity contribution in [1.29, 1.82) is 0 Å². The number of nitrogens with one attached hydrogen (secondary N) is 1. The smallest absolute Gasteiger partial charge is 0.335 e. The summed E-state index contributed by atoms with van der Waals surface area (Å²) in [6.07, 6.45) is 0. The quantitative estimate of drug-likeness (QED) is 0.875. The van der Waals surface area contributed by atoms with E-state index in [9.17, 15) is 4.79 Å². The topological polar surface area (TPSA) is 49.3 Å². The molecule has 0 heterocycles. The lowest BCUT2D eigenvalue weighted by Gasteiger charge is -2.12. The maximum Gasteiger partial charge on any atom is 0.335 e. The van der Waals surface area contributed by atoms with E-state index in [1.54, 1.807) is 18.2 Å². The van der Waals surface area contributed by atoms with Gasteiger partial charge in [0.15, 0.2) is 0 Å². The van der Waals surface area contributed by atoms with Crippen molar-refractivity contribution in [2.75, 3.05) is 5.32 Å². The summed E-state index contributed by atoms with van der Waals surface area (Å²) in [5, 5.41) is 12.3. The molecule has 3 nitrogen and oxygen atoms in total. The Morgan fingerprint density at radius 1 is 1.11 bits per heavy atom. The molecule has 0 aromatic heterocycles. The summed E-state index contributed by atoms with van der Waals surface area (Å²) >= 11 is 3.49. The standard InChI is InChI=1S/C15H14BrNO2/c1-9-3-5-12(16)14(7-9)17-13-6-4-11(15(18)19)8-10(13)2/h3-8,17H,1-2H3,(H,18,19). The van der Waals surface area contributed by atoms with Gasteiger partial charge in [0, 0.05) is 10.2 Å². The van der Waals surface area contributed by atoms with Crippen molar-refractivity contribution in [2.24, 2.45) is 0 Å². The van der Waals surface area contributed by atoms with Gasteiger partial charge in [-0.05, 0) is 71.2 Å². The molecule has 0 amide bonds. The number of rotatable bonds is 3. The van der Waals surface area contributed by atoms with Crippen LogP contribution in [0.5, 0.6) is 0 Å². The minimum Gasteiger partial charge on any atom is -0.478 e. The van der Waals surface area contributed by atoms with Gasteiger partial charge in [-0.25, -0.2) is 4.79 Å². The van der Waals surface area contributed by atoms with Crippen LogP contribution in [0.4, 0.5) is 11.4 Å². The Hall–Kier alpha value is -1.81. The predicted molar refractivity (Wildman–Crippen MR) is 80.3 cm³/mol. The third-order valence-corrected chi connectivity index (χ3v) is 3.56. The molecular weight excluding hydrogens is 306 g/mol. The fraction of sp³-hybridized carbons (Fsp3) is 0.133. The normalized spacial score (nSPS) is 10.3. The molecule has 0 atom stereocenters. The highest BCUT2D eigenvalue weighted by Gasteiger charge is 2.07. The Morgan fingerprint density at radius 3 is 2.47 bits per heavy atom. The lowest BCUT2D eigenvalue weighted by molar-refractivity contribution is 0.0697. The summed E-state index contributed by atoms with van der Waals surface area (Å²) in [4.78, 5) is 10.9. The van der Waals surface area contributed by atoms with Crippen LogP contribution in [0.1, 0.15) is 21.5 Å². The van der Waals surface area contributed by atoms with Gasteiger partial charge in [0.05, 0.1) is 11.3 Å². The zero-order chi connectivity index (χ0) is 14.0. The summed E-state index contributed by atoms with van der Waals surface area (Å²) in [6, 6.07) is 11.1. The molecule has 98 valence electrons. The van der Waals surface area contributed by atoms with E-state index in [2.05, 4.69) is 21.2 Å². The molecule has 0 fully saturated rings. The Kier molecular flexibility index (Phi) is 3.90. The second-order valence-electron chi connectivity index (χ2n) is 4.44. The van der Waals surface area contributed by atoms with Crippen molar-refractivity contribution < 1.29 is 9.90 Å². The van der Waals surface area contributed by atoms with Gasteiger partial charge in [-0.1, -0.05) is 6.07 Å².